The molecule has 0 radical (unpaired) electrons. The lowest BCUT2D eigenvalue weighted by molar-refractivity contribution is 0.476. The van der Waals surface area contributed by atoms with E-state index < -0.39 is 0 Å². The Kier molecular flexibility index (Phi) is 3.02. The van der Waals surface area contributed by atoms with Crippen molar-refractivity contribution in [2.24, 2.45) is 0 Å². The maximum absolute atomic E-state index is 4.75. The van der Waals surface area contributed by atoms with Gasteiger partial charge in [0.1, 0.15) is 10.4 Å². The third kappa shape index (κ3) is 1.81. The summed E-state index contributed by atoms with van der Waals surface area (Å²) < 4.78 is 3.41. The highest BCUT2D eigenvalue weighted by Crippen LogP contribution is 2.37. The summed E-state index contributed by atoms with van der Waals surface area (Å²) in [5.74, 6) is 1.71. The van der Waals surface area contributed by atoms with Crippen molar-refractivity contribution >= 4 is 15.9 Å². The number of halogens is 1. The quantitative estimate of drug-likeness (QED) is 0.757. The molecule has 1 aromatic heterocycles. The molecule has 1 aromatic carbocycles. The lowest BCUT2D eigenvalue weighted by atomic mass is 9.98. The molecule has 1 aliphatic heterocycles. The summed E-state index contributed by atoms with van der Waals surface area (Å²) in [7, 11) is 0. The van der Waals surface area contributed by atoms with E-state index in [1.807, 2.05) is 0 Å². The number of aromatic nitrogens is 2. The molecule has 2 heterocycles. The summed E-state index contributed by atoms with van der Waals surface area (Å²) in [5.41, 5.74) is 3.90. The standard InChI is InChI=1S/C15H17BrN2/c1-10-6-3-4-8-12(10)15-17-14(16)13-11(2)7-5-9-18(13)15/h3-4,6,8,11H,5,7,9H2,1-2H3. The van der Waals surface area contributed by atoms with Crippen molar-refractivity contribution in [2.75, 3.05) is 0 Å². The minimum atomic E-state index is 0.596. The Morgan fingerprint density at radius 3 is 2.89 bits per heavy atom. The molecular formula is C15H17BrN2. The van der Waals surface area contributed by atoms with Crippen molar-refractivity contribution in [3.63, 3.8) is 0 Å². The van der Waals surface area contributed by atoms with Gasteiger partial charge in [0.25, 0.3) is 0 Å². The van der Waals surface area contributed by atoms with Crippen molar-refractivity contribution in [3.05, 3.63) is 40.1 Å². The van der Waals surface area contributed by atoms with E-state index in [0.29, 0.717) is 5.92 Å². The van der Waals surface area contributed by atoms with E-state index in [4.69, 9.17) is 4.98 Å². The number of hydrogen-bond acceptors (Lipinski definition) is 1. The summed E-state index contributed by atoms with van der Waals surface area (Å²) in [4.78, 5) is 4.75. The van der Waals surface area contributed by atoms with Gasteiger partial charge in [-0.15, -0.1) is 0 Å². The SMILES string of the molecule is Cc1ccccc1-c1nc(Br)c2n1CCCC2C. The van der Waals surface area contributed by atoms with E-state index in [0.717, 1.165) is 17.0 Å². The zero-order valence-electron chi connectivity index (χ0n) is 10.8. The summed E-state index contributed by atoms with van der Waals surface area (Å²) in [6, 6.07) is 8.48. The Bertz CT molecular complexity index is 586. The molecule has 0 bridgehead atoms. The van der Waals surface area contributed by atoms with E-state index in [9.17, 15) is 0 Å². The fraction of sp³-hybridized carbons (Fsp3) is 0.400. The van der Waals surface area contributed by atoms with Crippen LogP contribution in [0.25, 0.3) is 11.4 Å². The van der Waals surface area contributed by atoms with Gasteiger partial charge < -0.3 is 4.57 Å². The monoisotopic (exact) mass is 304 g/mol. The van der Waals surface area contributed by atoms with Gasteiger partial charge in [0.05, 0.1) is 5.69 Å². The molecule has 0 spiro atoms. The Hall–Kier alpha value is -1.09. The summed E-state index contributed by atoms with van der Waals surface area (Å²) >= 11 is 3.63. The first-order valence-corrected chi connectivity index (χ1v) is 7.29. The Morgan fingerprint density at radius 1 is 1.33 bits per heavy atom. The fourth-order valence-electron chi connectivity index (χ4n) is 2.85. The van der Waals surface area contributed by atoms with Gasteiger partial charge in [-0.1, -0.05) is 31.2 Å². The molecule has 0 saturated heterocycles. The molecule has 3 rings (SSSR count). The molecule has 0 N–H and O–H groups in total. The summed E-state index contributed by atoms with van der Waals surface area (Å²) in [5, 5.41) is 0. The normalized spacial score (nSPS) is 18.7. The minimum Gasteiger partial charge on any atom is -0.327 e. The largest absolute Gasteiger partial charge is 0.327 e. The smallest absolute Gasteiger partial charge is 0.141 e. The predicted molar refractivity (Wildman–Crippen MR) is 77.7 cm³/mol. The van der Waals surface area contributed by atoms with Crippen LogP contribution in [0.4, 0.5) is 0 Å². The number of rotatable bonds is 1. The van der Waals surface area contributed by atoms with Gasteiger partial charge in [0.15, 0.2) is 0 Å². The third-order valence-corrected chi connectivity index (χ3v) is 4.42. The second-order valence-electron chi connectivity index (χ2n) is 5.12. The Morgan fingerprint density at radius 2 is 2.11 bits per heavy atom. The molecule has 2 nitrogen and oxygen atoms in total. The molecule has 0 amide bonds. The first-order chi connectivity index (χ1) is 8.68. The highest BCUT2D eigenvalue weighted by atomic mass is 79.9. The Balaban J connectivity index is 2.20. The van der Waals surface area contributed by atoms with Crippen LogP contribution < -0.4 is 0 Å². The van der Waals surface area contributed by atoms with Crippen LogP contribution in [0.3, 0.4) is 0 Å². The first-order valence-electron chi connectivity index (χ1n) is 6.50. The Labute approximate surface area is 116 Å². The first kappa shape index (κ1) is 12.0. The van der Waals surface area contributed by atoms with Crippen molar-refractivity contribution < 1.29 is 0 Å². The molecule has 0 saturated carbocycles. The zero-order valence-corrected chi connectivity index (χ0v) is 12.4. The van der Waals surface area contributed by atoms with Crippen LogP contribution in [0.15, 0.2) is 28.9 Å². The third-order valence-electron chi connectivity index (χ3n) is 3.83. The second kappa shape index (κ2) is 4.54. The van der Waals surface area contributed by atoms with Crippen molar-refractivity contribution in [2.45, 2.75) is 39.2 Å². The molecule has 2 aromatic rings. The highest BCUT2D eigenvalue weighted by Gasteiger charge is 2.24. The number of nitrogens with zero attached hydrogens (tertiary/aromatic N) is 2. The zero-order chi connectivity index (χ0) is 12.7. The molecule has 18 heavy (non-hydrogen) atoms. The molecule has 0 aliphatic carbocycles. The maximum atomic E-state index is 4.75. The van der Waals surface area contributed by atoms with Crippen molar-refractivity contribution in [1.82, 2.24) is 9.55 Å². The van der Waals surface area contributed by atoms with E-state index in [2.05, 4.69) is 58.6 Å². The van der Waals surface area contributed by atoms with Gasteiger partial charge in [-0.3, -0.25) is 0 Å². The lowest BCUT2D eigenvalue weighted by Gasteiger charge is -2.22. The van der Waals surface area contributed by atoms with Crippen LogP contribution >= 0.6 is 15.9 Å². The second-order valence-corrected chi connectivity index (χ2v) is 5.87. The molecule has 1 atom stereocenters. The maximum Gasteiger partial charge on any atom is 0.141 e. The van der Waals surface area contributed by atoms with Crippen LogP contribution in [0.1, 0.15) is 36.9 Å². The lowest BCUT2D eigenvalue weighted by Crippen LogP contribution is -2.14. The molecular weight excluding hydrogens is 288 g/mol. The summed E-state index contributed by atoms with van der Waals surface area (Å²) in [6.45, 7) is 5.53. The molecule has 94 valence electrons. The molecule has 0 fully saturated rings. The molecule has 3 heteroatoms. The number of aryl methyl sites for hydroxylation is 1. The van der Waals surface area contributed by atoms with Gasteiger partial charge in [-0.25, -0.2) is 4.98 Å². The fourth-order valence-corrected chi connectivity index (χ4v) is 3.63. The van der Waals surface area contributed by atoms with Crippen LogP contribution in [-0.4, -0.2) is 9.55 Å². The number of hydrogen-bond donors (Lipinski definition) is 0. The molecule has 1 aliphatic rings. The molecule has 1 unspecified atom stereocenters. The van der Waals surface area contributed by atoms with Crippen molar-refractivity contribution in [3.8, 4) is 11.4 Å². The average Bonchev–Trinajstić information content (AvgIpc) is 2.69. The van der Waals surface area contributed by atoms with Crippen LogP contribution in [0.5, 0.6) is 0 Å². The van der Waals surface area contributed by atoms with Gasteiger partial charge in [-0.2, -0.15) is 0 Å². The minimum absolute atomic E-state index is 0.596. The predicted octanol–water partition coefficient (Wildman–Crippen LogP) is 4.52. The van der Waals surface area contributed by atoms with Gasteiger partial charge in [0.2, 0.25) is 0 Å². The van der Waals surface area contributed by atoms with Gasteiger partial charge >= 0.3 is 0 Å². The van der Waals surface area contributed by atoms with Gasteiger partial charge in [-0.05, 0) is 47.2 Å². The topological polar surface area (TPSA) is 17.8 Å². The van der Waals surface area contributed by atoms with E-state index in [1.165, 1.54) is 29.7 Å². The number of fused-ring (bicyclic) bond motifs is 1. The summed E-state index contributed by atoms with van der Waals surface area (Å²) in [6.07, 6.45) is 2.51. The number of imidazole rings is 1. The van der Waals surface area contributed by atoms with E-state index in [-0.39, 0.29) is 0 Å². The van der Waals surface area contributed by atoms with Crippen LogP contribution in [0, 0.1) is 6.92 Å². The highest BCUT2D eigenvalue weighted by molar-refractivity contribution is 9.10. The van der Waals surface area contributed by atoms with Crippen molar-refractivity contribution in [1.29, 1.82) is 0 Å². The van der Waals surface area contributed by atoms with Crippen LogP contribution in [-0.2, 0) is 6.54 Å². The van der Waals surface area contributed by atoms with E-state index in [1.54, 1.807) is 0 Å². The van der Waals surface area contributed by atoms with Crippen LogP contribution in [0.2, 0.25) is 0 Å². The number of benzene rings is 1. The van der Waals surface area contributed by atoms with E-state index >= 15 is 0 Å². The van der Waals surface area contributed by atoms with Gasteiger partial charge in [0, 0.05) is 12.1 Å². The average molecular weight is 305 g/mol.